The minimum absolute atomic E-state index is 0.0542. The molecule has 1 aromatic carbocycles. The van der Waals surface area contributed by atoms with Crippen LogP contribution >= 0.6 is 0 Å². The van der Waals surface area contributed by atoms with Gasteiger partial charge in [-0.05, 0) is 60.9 Å². The summed E-state index contributed by atoms with van der Waals surface area (Å²) < 4.78 is 6.83. The number of hydrogen-bond acceptors (Lipinski definition) is 3. The smallest absolute Gasteiger partial charge is 0.269 e. The highest BCUT2D eigenvalue weighted by Gasteiger charge is 2.35. The molecular weight excluding hydrogens is 314 g/mol. The third-order valence-corrected chi connectivity index (χ3v) is 5.44. The summed E-state index contributed by atoms with van der Waals surface area (Å²) in [4.78, 5) is 12.6. The SMILES string of the molecule is COc1ccc(-c2cc(C(=O)NC[C@H]3C[C@H]4C=C[C@H]3C4)n(C)n2)cc1. The number of amides is 1. The Labute approximate surface area is 147 Å². The first-order chi connectivity index (χ1) is 12.1. The van der Waals surface area contributed by atoms with Gasteiger partial charge >= 0.3 is 0 Å². The Balaban J connectivity index is 1.44. The number of fused-ring (bicyclic) bond motifs is 2. The summed E-state index contributed by atoms with van der Waals surface area (Å²) in [6.45, 7) is 0.743. The Morgan fingerprint density at radius 3 is 2.72 bits per heavy atom. The predicted octanol–water partition coefficient (Wildman–Crippen LogP) is 3.04. The molecule has 3 atom stereocenters. The molecule has 5 nitrogen and oxygen atoms in total. The van der Waals surface area contributed by atoms with E-state index in [1.807, 2.05) is 37.4 Å². The molecule has 1 heterocycles. The molecule has 1 amide bonds. The topological polar surface area (TPSA) is 56.1 Å². The van der Waals surface area contributed by atoms with E-state index in [2.05, 4.69) is 22.6 Å². The molecule has 0 radical (unpaired) electrons. The fraction of sp³-hybridized carbons (Fsp3) is 0.400. The van der Waals surface area contributed by atoms with Crippen molar-refractivity contribution in [2.45, 2.75) is 12.8 Å². The van der Waals surface area contributed by atoms with E-state index in [1.165, 1.54) is 12.8 Å². The van der Waals surface area contributed by atoms with Gasteiger partial charge in [0.2, 0.25) is 0 Å². The zero-order valence-electron chi connectivity index (χ0n) is 14.6. The molecular formula is C20H23N3O2. The van der Waals surface area contributed by atoms with Crippen LogP contribution in [0, 0.1) is 17.8 Å². The van der Waals surface area contributed by atoms with E-state index >= 15 is 0 Å². The molecule has 0 unspecified atom stereocenters. The number of rotatable bonds is 5. The molecule has 1 N–H and O–H groups in total. The Kier molecular flexibility index (Phi) is 4.07. The number of nitrogens with one attached hydrogen (secondary N) is 1. The largest absolute Gasteiger partial charge is 0.497 e. The normalized spacial score (nSPS) is 23.8. The fourth-order valence-corrected chi connectivity index (χ4v) is 4.03. The van der Waals surface area contributed by atoms with Gasteiger partial charge in [0, 0.05) is 19.2 Å². The number of nitrogens with zero attached hydrogens (tertiary/aromatic N) is 2. The third-order valence-electron chi connectivity index (χ3n) is 5.44. The van der Waals surface area contributed by atoms with E-state index < -0.39 is 0 Å². The predicted molar refractivity (Wildman–Crippen MR) is 96.4 cm³/mol. The third kappa shape index (κ3) is 3.06. The summed E-state index contributed by atoms with van der Waals surface area (Å²) in [5.74, 6) is 2.70. The summed E-state index contributed by atoms with van der Waals surface area (Å²) >= 11 is 0. The van der Waals surface area contributed by atoms with Crippen molar-refractivity contribution in [3.8, 4) is 17.0 Å². The molecule has 1 fully saturated rings. The maximum atomic E-state index is 12.6. The van der Waals surface area contributed by atoms with Crippen LogP contribution in [0.4, 0.5) is 0 Å². The zero-order chi connectivity index (χ0) is 17.4. The van der Waals surface area contributed by atoms with Gasteiger partial charge in [-0.25, -0.2) is 0 Å². The number of hydrogen-bond donors (Lipinski definition) is 1. The van der Waals surface area contributed by atoms with Gasteiger partial charge in [0.1, 0.15) is 11.4 Å². The lowest BCUT2D eigenvalue weighted by Crippen LogP contribution is -2.32. The van der Waals surface area contributed by atoms with E-state index in [-0.39, 0.29) is 5.91 Å². The van der Waals surface area contributed by atoms with Crippen molar-refractivity contribution in [2.24, 2.45) is 24.8 Å². The van der Waals surface area contributed by atoms with Gasteiger partial charge in [-0.15, -0.1) is 0 Å². The Hall–Kier alpha value is -2.56. The van der Waals surface area contributed by atoms with E-state index in [9.17, 15) is 4.79 Å². The summed E-state index contributed by atoms with van der Waals surface area (Å²) in [7, 11) is 3.45. The second-order valence-corrected chi connectivity index (χ2v) is 7.02. The maximum Gasteiger partial charge on any atom is 0.269 e. The minimum Gasteiger partial charge on any atom is -0.497 e. The molecule has 1 saturated carbocycles. The Bertz CT molecular complexity index is 807. The number of carbonyl (C=O) groups is 1. The highest BCUT2D eigenvalue weighted by molar-refractivity contribution is 5.93. The summed E-state index contributed by atoms with van der Waals surface area (Å²) in [6.07, 6.45) is 7.10. The van der Waals surface area contributed by atoms with Crippen LogP contribution < -0.4 is 10.1 Å². The molecule has 2 aromatic rings. The molecule has 5 heteroatoms. The lowest BCUT2D eigenvalue weighted by molar-refractivity contribution is 0.0935. The van der Waals surface area contributed by atoms with E-state index in [0.717, 1.165) is 29.5 Å². The first-order valence-corrected chi connectivity index (χ1v) is 8.79. The summed E-state index contributed by atoms with van der Waals surface area (Å²) in [5, 5.41) is 7.58. The molecule has 25 heavy (non-hydrogen) atoms. The van der Waals surface area contributed by atoms with Crippen molar-refractivity contribution in [1.29, 1.82) is 0 Å². The van der Waals surface area contributed by atoms with Crippen LogP contribution in [-0.4, -0.2) is 29.3 Å². The number of ether oxygens (including phenoxy) is 1. The average molecular weight is 337 g/mol. The Morgan fingerprint density at radius 2 is 2.08 bits per heavy atom. The Morgan fingerprint density at radius 1 is 1.28 bits per heavy atom. The van der Waals surface area contributed by atoms with E-state index in [4.69, 9.17) is 4.74 Å². The highest BCUT2D eigenvalue weighted by Crippen LogP contribution is 2.42. The number of benzene rings is 1. The van der Waals surface area contributed by atoms with E-state index in [1.54, 1.807) is 11.8 Å². The number of allylic oxidation sites excluding steroid dienone is 2. The van der Waals surface area contributed by atoms with Crippen molar-refractivity contribution in [3.05, 3.63) is 48.2 Å². The van der Waals surface area contributed by atoms with Gasteiger partial charge in [-0.1, -0.05) is 12.2 Å². The van der Waals surface area contributed by atoms with E-state index in [0.29, 0.717) is 17.5 Å². The lowest BCUT2D eigenvalue weighted by Gasteiger charge is -2.18. The summed E-state index contributed by atoms with van der Waals surface area (Å²) in [5.41, 5.74) is 2.34. The van der Waals surface area contributed by atoms with Gasteiger partial charge in [-0.2, -0.15) is 5.10 Å². The van der Waals surface area contributed by atoms with Crippen LogP contribution in [0.25, 0.3) is 11.3 Å². The summed E-state index contributed by atoms with van der Waals surface area (Å²) in [6, 6.07) is 9.53. The number of aromatic nitrogens is 2. The van der Waals surface area contributed by atoms with Crippen molar-refractivity contribution >= 4 is 5.91 Å². The van der Waals surface area contributed by atoms with Crippen molar-refractivity contribution in [2.75, 3.05) is 13.7 Å². The minimum atomic E-state index is -0.0542. The average Bonchev–Trinajstić information content (AvgIpc) is 3.35. The molecule has 2 aliphatic carbocycles. The molecule has 0 saturated heterocycles. The van der Waals surface area contributed by atoms with Gasteiger partial charge < -0.3 is 10.1 Å². The van der Waals surface area contributed by atoms with Gasteiger partial charge in [0.25, 0.3) is 5.91 Å². The zero-order valence-corrected chi connectivity index (χ0v) is 14.6. The van der Waals surface area contributed by atoms with Crippen molar-refractivity contribution < 1.29 is 9.53 Å². The second kappa shape index (κ2) is 6.39. The molecule has 2 aliphatic rings. The van der Waals surface area contributed by atoms with Crippen LogP contribution in [0.1, 0.15) is 23.3 Å². The molecule has 130 valence electrons. The van der Waals surface area contributed by atoms with Crippen LogP contribution in [0.5, 0.6) is 5.75 Å². The molecule has 1 aromatic heterocycles. The number of aryl methyl sites for hydroxylation is 1. The fourth-order valence-electron chi connectivity index (χ4n) is 4.03. The highest BCUT2D eigenvalue weighted by atomic mass is 16.5. The number of carbonyl (C=O) groups excluding carboxylic acids is 1. The number of methoxy groups -OCH3 is 1. The monoisotopic (exact) mass is 337 g/mol. The molecule has 0 aliphatic heterocycles. The van der Waals surface area contributed by atoms with Gasteiger partial charge in [0.05, 0.1) is 12.8 Å². The van der Waals surface area contributed by atoms with Crippen molar-refractivity contribution in [1.82, 2.24) is 15.1 Å². The molecule has 4 rings (SSSR count). The van der Waals surface area contributed by atoms with Crippen LogP contribution in [0.3, 0.4) is 0 Å². The maximum absolute atomic E-state index is 12.6. The van der Waals surface area contributed by atoms with Gasteiger partial charge in [-0.3, -0.25) is 9.48 Å². The van der Waals surface area contributed by atoms with Crippen molar-refractivity contribution in [3.63, 3.8) is 0 Å². The quantitative estimate of drug-likeness (QED) is 0.853. The first kappa shape index (κ1) is 15.9. The molecule has 2 bridgehead atoms. The lowest BCUT2D eigenvalue weighted by atomic mass is 9.93. The van der Waals surface area contributed by atoms with Crippen LogP contribution in [0.2, 0.25) is 0 Å². The van der Waals surface area contributed by atoms with Crippen LogP contribution in [-0.2, 0) is 7.05 Å². The second-order valence-electron chi connectivity index (χ2n) is 7.02. The molecule has 0 spiro atoms. The van der Waals surface area contributed by atoms with Gasteiger partial charge in [0.15, 0.2) is 0 Å². The first-order valence-electron chi connectivity index (χ1n) is 8.79. The standard InChI is InChI=1S/C20H23N3O2/c1-23-19(11-18(22-23)14-5-7-17(25-2)8-6-14)20(24)21-12-16-10-13-3-4-15(16)9-13/h3-8,11,13,15-16H,9-10,12H2,1-2H3,(H,21,24)/t13-,15-,16+/m0/s1. The van der Waals surface area contributed by atoms with Crippen LogP contribution in [0.15, 0.2) is 42.5 Å².